The highest BCUT2D eigenvalue weighted by Gasteiger charge is 2.07. The molecule has 2 aromatic heterocycles. The van der Waals surface area contributed by atoms with Gasteiger partial charge in [0.25, 0.3) is 0 Å². The summed E-state index contributed by atoms with van der Waals surface area (Å²) in [5.41, 5.74) is 6.59. The number of rotatable bonds is 2. The van der Waals surface area contributed by atoms with E-state index in [4.69, 9.17) is 5.73 Å². The fourth-order valence-corrected chi connectivity index (χ4v) is 1.11. The second-order valence-electron chi connectivity index (χ2n) is 3.07. The Morgan fingerprint density at radius 1 is 1.33 bits per heavy atom. The van der Waals surface area contributed by atoms with Crippen LogP contribution in [0.1, 0.15) is 18.8 Å². The number of pyridine rings is 1. The number of hydrogen-bond donors (Lipinski definition) is 2. The first kappa shape index (κ1) is 11.6. The van der Waals surface area contributed by atoms with Crippen LogP contribution in [0.3, 0.4) is 0 Å². The molecule has 0 radical (unpaired) electrons. The summed E-state index contributed by atoms with van der Waals surface area (Å²) in [4.78, 5) is 8.18. The van der Waals surface area contributed by atoms with Crippen LogP contribution in [0.4, 0.5) is 0 Å². The van der Waals surface area contributed by atoms with Crippen molar-refractivity contribution in [3.05, 3.63) is 30.4 Å². The monoisotopic (exact) mass is 225 g/mol. The minimum Gasteiger partial charge on any atom is -0.322 e. The fourth-order valence-electron chi connectivity index (χ4n) is 1.11. The van der Waals surface area contributed by atoms with E-state index in [9.17, 15) is 0 Å². The van der Waals surface area contributed by atoms with E-state index >= 15 is 0 Å². The summed E-state index contributed by atoms with van der Waals surface area (Å²) in [6.45, 7) is 1.86. The van der Waals surface area contributed by atoms with Crippen LogP contribution in [-0.2, 0) is 0 Å². The summed E-state index contributed by atoms with van der Waals surface area (Å²) < 4.78 is 0. The maximum Gasteiger partial charge on any atom is 0.181 e. The van der Waals surface area contributed by atoms with Gasteiger partial charge < -0.3 is 5.73 Å². The summed E-state index contributed by atoms with van der Waals surface area (Å²) in [5.74, 6) is 1.34. The summed E-state index contributed by atoms with van der Waals surface area (Å²) in [6, 6.07) is 3.58. The number of aromatic nitrogens is 4. The average molecular weight is 226 g/mol. The van der Waals surface area contributed by atoms with Crippen molar-refractivity contribution in [3.8, 4) is 11.4 Å². The van der Waals surface area contributed by atoms with E-state index in [0.717, 1.165) is 5.56 Å². The van der Waals surface area contributed by atoms with Gasteiger partial charge in [0.2, 0.25) is 0 Å². The molecule has 0 spiro atoms. The normalized spacial score (nSPS) is 11.9. The molecule has 0 aliphatic rings. The first-order valence-corrected chi connectivity index (χ1v) is 4.35. The Balaban J connectivity index is 0.00000112. The highest BCUT2D eigenvalue weighted by atomic mass is 35.5. The highest BCUT2D eigenvalue weighted by molar-refractivity contribution is 5.85. The number of hydrogen-bond acceptors (Lipinski definition) is 4. The number of aromatic amines is 1. The SMILES string of the molecule is C[C@@H](N)c1nc(-c2ccncc2)n[nH]1.Cl. The molecule has 1 atom stereocenters. The molecular formula is C9H12ClN5. The zero-order chi connectivity index (χ0) is 9.97. The molecule has 5 nitrogen and oxygen atoms in total. The number of halogens is 1. The lowest BCUT2D eigenvalue weighted by Crippen LogP contribution is -2.06. The van der Waals surface area contributed by atoms with Crippen LogP contribution in [0.2, 0.25) is 0 Å². The third kappa shape index (κ3) is 2.51. The Morgan fingerprint density at radius 2 is 2.00 bits per heavy atom. The average Bonchev–Trinajstić information content (AvgIpc) is 2.68. The van der Waals surface area contributed by atoms with Crippen LogP contribution < -0.4 is 5.73 Å². The second-order valence-corrected chi connectivity index (χ2v) is 3.07. The van der Waals surface area contributed by atoms with Gasteiger partial charge in [0, 0.05) is 18.0 Å². The molecular weight excluding hydrogens is 214 g/mol. The van der Waals surface area contributed by atoms with Crippen LogP contribution in [0.25, 0.3) is 11.4 Å². The van der Waals surface area contributed by atoms with Crippen molar-refractivity contribution < 1.29 is 0 Å². The van der Waals surface area contributed by atoms with E-state index in [1.807, 2.05) is 19.1 Å². The van der Waals surface area contributed by atoms with Gasteiger partial charge in [-0.2, -0.15) is 5.10 Å². The lowest BCUT2D eigenvalue weighted by atomic mass is 10.2. The first-order valence-electron chi connectivity index (χ1n) is 4.35. The molecule has 2 rings (SSSR count). The molecule has 6 heteroatoms. The van der Waals surface area contributed by atoms with E-state index in [2.05, 4.69) is 20.2 Å². The molecule has 0 aliphatic heterocycles. The van der Waals surface area contributed by atoms with Crippen molar-refractivity contribution in [3.63, 3.8) is 0 Å². The van der Waals surface area contributed by atoms with Crippen molar-refractivity contribution in [2.24, 2.45) is 5.73 Å². The number of nitrogens with one attached hydrogen (secondary N) is 1. The maximum absolute atomic E-state index is 5.66. The molecule has 0 saturated heterocycles. The van der Waals surface area contributed by atoms with Crippen LogP contribution in [0, 0.1) is 0 Å². The van der Waals surface area contributed by atoms with Gasteiger partial charge in [0.05, 0.1) is 6.04 Å². The summed E-state index contributed by atoms with van der Waals surface area (Å²) in [5, 5.41) is 6.86. The number of H-pyrrole nitrogens is 1. The Bertz CT molecular complexity index is 411. The molecule has 15 heavy (non-hydrogen) atoms. The Hall–Kier alpha value is -1.46. The van der Waals surface area contributed by atoms with Crippen molar-refractivity contribution in [1.82, 2.24) is 20.2 Å². The van der Waals surface area contributed by atoms with Crippen molar-refractivity contribution >= 4 is 12.4 Å². The second kappa shape index (κ2) is 4.86. The van der Waals surface area contributed by atoms with Gasteiger partial charge in [-0.25, -0.2) is 4.98 Å². The Morgan fingerprint density at radius 3 is 2.53 bits per heavy atom. The molecule has 0 bridgehead atoms. The highest BCUT2D eigenvalue weighted by Crippen LogP contribution is 2.14. The van der Waals surface area contributed by atoms with Gasteiger partial charge in [0.15, 0.2) is 5.82 Å². The molecule has 0 aromatic carbocycles. The maximum atomic E-state index is 5.66. The smallest absolute Gasteiger partial charge is 0.181 e. The van der Waals surface area contributed by atoms with Crippen LogP contribution in [-0.4, -0.2) is 20.2 Å². The van der Waals surface area contributed by atoms with Crippen molar-refractivity contribution in [2.75, 3.05) is 0 Å². The van der Waals surface area contributed by atoms with Crippen LogP contribution >= 0.6 is 12.4 Å². The van der Waals surface area contributed by atoms with Gasteiger partial charge in [0.1, 0.15) is 5.82 Å². The van der Waals surface area contributed by atoms with Crippen LogP contribution in [0.5, 0.6) is 0 Å². The molecule has 0 fully saturated rings. The molecule has 3 N–H and O–H groups in total. The fraction of sp³-hybridized carbons (Fsp3) is 0.222. The van der Waals surface area contributed by atoms with Crippen molar-refractivity contribution in [2.45, 2.75) is 13.0 Å². The number of nitrogens with zero attached hydrogens (tertiary/aromatic N) is 3. The minimum absolute atomic E-state index is 0. The predicted octanol–water partition coefficient (Wildman–Crippen LogP) is 1.31. The minimum atomic E-state index is -0.127. The van der Waals surface area contributed by atoms with E-state index in [0.29, 0.717) is 11.6 Å². The Kier molecular flexibility index (Phi) is 3.76. The van der Waals surface area contributed by atoms with Crippen LogP contribution in [0.15, 0.2) is 24.5 Å². The quantitative estimate of drug-likeness (QED) is 0.808. The zero-order valence-corrected chi connectivity index (χ0v) is 9.03. The lowest BCUT2D eigenvalue weighted by molar-refractivity contribution is 0.745. The van der Waals surface area contributed by atoms with Gasteiger partial charge in [-0.1, -0.05) is 0 Å². The largest absolute Gasteiger partial charge is 0.322 e. The molecule has 2 heterocycles. The molecule has 2 aromatic rings. The zero-order valence-electron chi connectivity index (χ0n) is 8.21. The lowest BCUT2D eigenvalue weighted by Gasteiger charge is -1.96. The van der Waals surface area contributed by atoms with Crippen molar-refractivity contribution in [1.29, 1.82) is 0 Å². The van der Waals surface area contributed by atoms with E-state index in [-0.39, 0.29) is 18.4 Å². The standard InChI is InChI=1S/C9H11N5.ClH/c1-6(10)8-12-9(14-13-8)7-2-4-11-5-3-7;/h2-6H,10H2,1H3,(H,12,13,14);1H/t6-;/m1./s1. The summed E-state index contributed by atoms with van der Waals surface area (Å²) in [7, 11) is 0. The predicted molar refractivity (Wildman–Crippen MR) is 59.5 cm³/mol. The molecule has 0 saturated carbocycles. The molecule has 0 amide bonds. The molecule has 80 valence electrons. The summed E-state index contributed by atoms with van der Waals surface area (Å²) >= 11 is 0. The van der Waals surface area contributed by atoms with Gasteiger partial charge in [-0.15, -0.1) is 12.4 Å². The van der Waals surface area contributed by atoms with E-state index in [1.165, 1.54) is 0 Å². The third-order valence-corrected chi connectivity index (χ3v) is 1.87. The Labute approximate surface area is 93.5 Å². The third-order valence-electron chi connectivity index (χ3n) is 1.87. The topological polar surface area (TPSA) is 80.5 Å². The van der Waals surface area contributed by atoms with Gasteiger partial charge in [-0.3, -0.25) is 10.1 Å². The van der Waals surface area contributed by atoms with Gasteiger partial charge in [-0.05, 0) is 19.1 Å². The number of nitrogens with two attached hydrogens (primary N) is 1. The van der Waals surface area contributed by atoms with Gasteiger partial charge >= 0.3 is 0 Å². The summed E-state index contributed by atoms with van der Waals surface area (Å²) in [6.07, 6.45) is 3.41. The first-order chi connectivity index (χ1) is 6.77. The molecule has 0 aliphatic carbocycles. The van der Waals surface area contributed by atoms with E-state index < -0.39 is 0 Å². The molecule has 0 unspecified atom stereocenters. The van der Waals surface area contributed by atoms with E-state index in [1.54, 1.807) is 12.4 Å².